The number of halogens is 1. The number of fused-ring (bicyclic) bond motifs is 1. The van der Waals surface area contributed by atoms with Crippen LogP contribution >= 0.6 is 0 Å². The lowest BCUT2D eigenvalue weighted by atomic mass is 10.2. The summed E-state index contributed by atoms with van der Waals surface area (Å²) in [5, 5.41) is 9.70. The first-order chi connectivity index (χ1) is 12.4. The van der Waals surface area contributed by atoms with E-state index in [-0.39, 0.29) is 10.7 Å². The van der Waals surface area contributed by atoms with Crippen LogP contribution in [0.3, 0.4) is 0 Å². The van der Waals surface area contributed by atoms with Crippen LogP contribution in [0.1, 0.15) is 11.3 Å². The Balaban J connectivity index is 1.55. The van der Waals surface area contributed by atoms with E-state index in [1.807, 2.05) is 6.07 Å². The van der Waals surface area contributed by atoms with Crippen molar-refractivity contribution in [2.24, 2.45) is 5.14 Å². The van der Waals surface area contributed by atoms with Gasteiger partial charge in [-0.1, -0.05) is 6.07 Å². The summed E-state index contributed by atoms with van der Waals surface area (Å²) in [6.45, 7) is 1.36. The van der Waals surface area contributed by atoms with Crippen molar-refractivity contribution in [1.29, 1.82) is 0 Å². The number of nitrogens with two attached hydrogens (primary N) is 1. The number of anilines is 1. The Morgan fingerprint density at radius 1 is 1.15 bits per heavy atom. The van der Waals surface area contributed by atoms with Crippen molar-refractivity contribution < 1.29 is 12.8 Å². The Morgan fingerprint density at radius 3 is 2.77 bits per heavy atom. The van der Waals surface area contributed by atoms with Crippen LogP contribution in [0.25, 0.3) is 5.69 Å². The van der Waals surface area contributed by atoms with E-state index in [0.717, 1.165) is 29.9 Å². The van der Waals surface area contributed by atoms with Gasteiger partial charge in [0, 0.05) is 18.4 Å². The quantitative estimate of drug-likeness (QED) is 0.761. The molecule has 0 amide bonds. The molecule has 2 heterocycles. The van der Waals surface area contributed by atoms with Gasteiger partial charge in [0.15, 0.2) is 0 Å². The third-order valence-electron chi connectivity index (χ3n) is 4.44. The van der Waals surface area contributed by atoms with Crippen molar-refractivity contribution >= 4 is 15.7 Å². The molecule has 134 valence electrons. The molecule has 0 atom stereocenters. The van der Waals surface area contributed by atoms with Gasteiger partial charge in [-0.15, -0.1) is 0 Å². The fraction of sp³-hybridized carbons (Fsp3) is 0.167. The highest BCUT2D eigenvalue weighted by Gasteiger charge is 2.22. The fourth-order valence-electron chi connectivity index (χ4n) is 3.19. The average Bonchev–Trinajstić information content (AvgIpc) is 3.21. The van der Waals surface area contributed by atoms with E-state index in [2.05, 4.69) is 10.00 Å². The molecule has 1 aromatic heterocycles. The topological polar surface area (TPSA) is 81.2 Å². The summed E-state index contributed by atoms with van der Waals surface area (Å²) in [6.07, 6.45) is 2.55. The minimum atomic E-state index is -3.70. The van der Waals surface area contributed by atoms with Gasteiger partial charge in [-0.2, -0.15) is 5.10 Å². The van der Waals surface area contributed by atoms with E-state index < -0.39 is 10.0 Å². The summed E-state index contributed by atoms with van der Waals surface area (Å²) < 4.78 is 38.0. The Bertz CT molecular complexity index is 1080. The molecule has 4 rings (SSSR count). The lowest BCUT2D eigenvalue weighted by molar-refractivity contribution is 0.597. The molecule has 0 fully saturated rings. The van der Waals surface area contributed by atoms with Crippen LogP contribution in [0.2, 0.25) is 0 Å². The minimum Gasteiger partial charge on any atom is -0.365 e. The minimum absolute atomic E-state index is 0.133. The lowest BCUT2D eigenvalue weighted by Crippen LogP contribution is -2.20. The van der Waals surface area contributed by atoms with Gasteiger partial charge in [0.25, 0.3) is 0 Å². The monoisotopic (exact) mass is 372 g/mol. The van der Waals surface area contributed by atoms with Crippen molar-refractivity contribution in [3.05, 3.63) is 71.8 Å². The molecule has 0 saturated carbocycles. The zero-order valence-corrected chi connectivity index (χ0v) is 14.7. The number of benzene rings is 2. The second-order valence-electron chi connectivity index (χ2n) is 6.24. The molecule has 0 unspecified atom stereocenters. The third-order valence-corrected chi connectivity index (χ3v) is 5.35. The van der Waals surface area contributed by atoms with Crippen molar-refractivity contribution in [1.82, 2.24) is 9.78 Å². The van der Waals surface area contributed by atoms with Crippen molar-refractivity contribution in [3.8, 4) is 5.69 Å². The predicted octanol–water partition coefficient (Wildman–Crippen LogP) is 2.22. The Kier molecular flexibility index (Phi) is 4.01. The van der Waals surface area contributed by atoms with Gasteiger partial charge >= 0.3 is 0 Å². The molecule has 0 radical (unpaired) electrons. The van der Waals surface area contributed by atoms with Gasteiger partial charge in [-0.05, 0) is 54.4 Å². The van der Waals surface area contributed by atoms with Crippen molar-refractivity contribution in [2.75, 3.05) is 11.4 Å². The summed E-state index contributed by atoms with van der Waals surface area (Å²) in [4.78, 5) is 2.27. The molecular weight excluding hydrogens is 355 g/mol. The highest BCUT2D eigenvalue weighted by Crippen LogP contribution is 2.31. The first-order valence-electron chi connectivity index (χ1n) is 8.11. The molecule has 1 aliphatic heterocycles. The maximum Gasteiger partial charge on any atom is 0.238 e. The van der Waals surface area contributed by atoms with Crippen molar-refractivity contribution in [3.63, 3.8) is 0 Å². The maximum atomic E-state index is 13.4. The largest absolute Gasteiger partial charge is 0.365 e. The molecule has 2 N–H and O–H groups in total. The second kappa shape index (κ2) is 6.22. The van der Waals surface area contributed by atoms with Crippen LogP contribution in [-0.4, -0.2) is 24.7 Å². The SMILES string of the molecule is NS(=O)(=O)c1ccc2c(c1)CCN2Cc1ccn(-c2cccc(F)c2)n1. The molecule has 8 heteroatoms. The van der Waals surface area contributed by atoms with Gasteiger partial charge < -0.3 is 4.90 Å². The van der Waals surface area contributed by atoms with Crippen LogP contribution < -0.4 is 10.0 Å². The normalized spacial score (nSPS) is 13.8. The zero-order chi connectivity index (χ0) is 18.3. The van der Waals surface area contributed by atoms with E-state index >= 15 is 0 Å². The Hall–Kier alpha value is -2.71. The van der Waals surface area contributed by atoms with E-state index in [1.54, 1.807) is 35.1 Å². The molecule has 26 heavy (non-hydrogen) atoms. The Morgan fingerprint density at radius 2 is 2.00 bits per heavy atom. The number of aromatic nitrogens is 2. The molecule has 1 aliphatic rings. The highest BCUT2D eigenvalue weighted by atomic mass is 32.2. The van der Waals surface area contributed by atoms with Crippen molar-refractivity contribution in [2.45, 2.75) is 17.9 Å². The molecular formula is C18H17FN4O2S. The highest BCUT2D eigenvalue weighted by molar-refractivity contribution is 7.89. The van der Waals surface area contributed by atoms with Gasteiger partial charge in [0.1, 0.15) is 5.82 Å². The fourth-order valence-corrected chi connectivity index (χ4v) is 3.76. The summed E-state index contributed by atoms with van der Waals surface area (Å²) in [5.41, 5.74) is 3.45. The first-order valence-corrected chi connectivity index (χ1v) is 9.66. The van der Waals surface area contributed by atoms with E-state index in [9.17, 15) is 12.8 Å². The average molecular weight is 372 g/mol. The number of sulfonamides is 1. The summed E-state index contributed by atoms with van der Waals surface area (Å²) in [6, 6.07) is 13.1. The van der Waals surface area contributed by atoms with E-state index in [1.165, 1.54) is 18.2 Å². The number of nitrogens with zero attached hydrogens (tertiary/aromatic N) is 3. The molecule has 3 aromatic rings. The smallest absolute Gasteiger partial charge is 0.238 e. The zero-order valence-electron chi connectivity index (χ0n) is 13.8. The Labute approximate surface area is 150 Å². The van der Waals surface area contributed by atoms with Crippen LogP contribution in [-0.2, 0) is 23.0 Å². The maximum absolute atomic E-state index is 13.4. The molecule has 2 aromatic carbocycles. The van der Waals surface area contributed by atoms with Crippen LogP contribution in [0.5, 0.6) is 0 Å². The van der Waals surface area contributed by atoms with E-state index in [0.29, 0.717) is 12.2 Å². The molecule has 0 saturated heterocycles. The van der Waals surface area contributed by atoms with Crippen LogP contribution in [0, 0.1) is 5.82 Å². The summed E-state index contributed by atoms with van der Waals surface area (Å²) in [5.74, 6) is -0.307. The van der Waals surface area contributed by atoms with Crippen LogP contribution in [0.15, 0.2) is 59.6 Å². The molecule has 0 bridgehead atoms. The van der Waals surface area contributed by atoms with Crippen LogP contribution in [0.4, 0.5) is 10.1 Å². The van der Waals surface area contributed by atoms with Gasteiger partial charge in [-0.3, -0.25) is 0 Å². The number of primary sulfonamides is 1. The standard InChI is InChI=1S/C18H17FN4O2S/c19-14-2-1-3-16(11-14)23-9-7-15(21-23)12-22-8-6-13-10-17(26(20,24)25)4-5-18(13)22/h1-5,7,9-11H,6,8,12H2,(H2,20,24,25). The number of rotatable bonds is 4. The van der Waals surface area contributed by atoms with Gasteiger partial charge in [0.05, 0.1) is 22.8 Å². The molecule has 0 spiro atoms. The number of hydrogen-bond donors (Lipinski definition) is 1. The summed E-state index contributed by atoms with van der Waals surface area (Å²) in [7, 11) is -3.70. The summed E-state index contributed by atoms with van der Waals surface area (Å²) >= 11 is 0. The third kappa shape index (κ3) is 3.21. The first kappa shape index (κ1) is 16.7. The second-order valence-corrected chi connectivity index (χ2v) is 7.80. The van der Waals surface area contributed by atoms with Gasteiger partial charge in [-0.25, -0.2) is 22.6 Å². The molecule has 0 aliphatic carbocycles. The molecule has 6 nitrogen and oxygen atoms in total. The van der Waals surface area contributed by atoms with E-state index in [4.69, 9.17) is 5.14 Å². The number of hydrogen-bond acceptors (Lipinski definition) is 4. The van der Waals surface area contributed by atoms with Gasteiger partial charge in [0.2, 0.25) is 10.0 Å². The lowest BCUT2D eigenvalue weighted by Gasteiger charge is -2.18. The predicted molar refractivity (Wildman–Crippen MR) is 96.1 cm³/mol.